The summed E-state index contributed by atoms with van der Waals surface area (Å²) in [5.41, 5.74) is 1.19. The van der Waals surface area contributed by atoms with Gasteiger partial charge in [-0.1, -0.05) is 46.3 Å². The maximum atomic E-state index is 12.4. The largest absolute Gasteiger partial charge is 0.383 e. The monoisotopic (exact) mass is 381 g/mol. The van der Waals surface area contributed by atoms with E-state index in [1.807, 2.05) is 0 Å². The first-order valence-corrected chi connectivity index (χ1v) is 8.74. The number of para-hydroxylation sites is 1. The van der Waals surface area contributed by atoms with E-state index in [2.05, 4.69) is 20.7 Å². The number of hydrogen-bond donors (Lipinski definition) is 1. The number of fused-ring (bicyclic) bond motifs is 1. The fourth-order valence-corrected chi connectivity index (χ4v) is 3.57. The molecule has 2 aromatic carbocycles. The number of halogens is 1. The van der Waals surface area contributed by atoms with Crippen LogP contribution in [0.3, 0.4) is 0 Å². The van der Waals surface area contributed by atoms with Gasteiger partial charge in [-0.15, -0.1) is 0 Å². The first kappa shape index (κ1) is 15.2. The van der Waals surface area contributed by atoms with Crippen LogP contribution in [0, 0.1) is 0 Å². The molecule has 1 heterocycles. The average molecular weight is 382 g/mol. The molecular formula is C15H12BrNO4S. The number of Topliss-reactive ketones (excluding diaryl/α,β-unsaturated/α-hetero) is 1. The fraction of sp³-hybridized carbons (Fsp3) is 0.133. The molecule has 1 atom stereocenters. The van der Waals surface area contributed by atoms with Gasteiger partial charge in [0.15, 0.2) is 5.78 Å². The van der Waals surface area contributed by atoms with Crippen LogP contribution in [0.5, 0.6) is 5.75 Å². The van der Waals surface area contributed by atoms with E-state index in [9.17, 15) is 13.2 Å². The zero-order chi connectivity index (χ0) is 15.7. The predicted octanol–water partition coefficient (Wildman–Crippen LogP) is 2.99. The Kier molecular flexibility index (Phi) is 4.03. The molecule has 0 radical (unpaired) electrons. The zero-order valence-corrected chi connectivity index (χ0v) is 13.7. The van der Waals surface area contributed by atoms with Crippen molar-refractivity contribution >= 4 is 32.0 Å². The molecule has 0 spiro atoms. The zero-order valence-electron chi connectivity index (χ0n) is 11.3. The van der Waals surface area contributed by atoms with Crippen LogP contribution < -0.4 is 8.91 Å². The Morgan fingerprint density at radius 3 is 2.55 bits per heavy atom. The Bertz CT molecular complexity index is 818. The van der Waals surface area contributed by atoms with E-state index in [0.717, 1.165) is 4.47 Å². The molecule has 0 saturated carbocycles. The van der Waals surface area contributed by atoms with Crippen molar-refractivity contribution in [1.29, 1.82) is 0 Å². The summed E-state index contributed by atoms with van der Waals surface area (Å²) in [6, 6.07) is 13.1. The standard InChI is InChI=1S/C15H12BrNO4S/c16-11-7-5-10(6-8-11)14(18)9-13-12-3-1-2-4-15(12)21-22(19,20)17-13/h1-8,13,17H,9H2/t13-/m1/s1. The summed E-state index contributed by atoms with van der Waals surface area (Å²) in [5.74, 6) is 0.117. The van der Waals surface area contributed by atoms with Gasteiger partial charge < -0.3 is 4.18 Å². The third kappa shape index (κ3) is 3.21. The van der Waals surface area contributed by atoms with Crippen molar-refractivity contribution < 1.29 is 17.4 Å². The number of rotatable bonds is 3. The number of carbonyl (C=O) groups excluding carboxylic acids is 1. The van der Waals surface area contributed by atoms with Crippen LogP contribution in [0.2, 0.25) is 0 Å². The lowest BCUT2D eigenvalue weighted by Crippen LogP contribution is -2.37. The van der Waals surface area contributed by atoms with Gasteiger partial charge in [-0.25, -0.2) is 0 Å². The maximum absolute atomic E-state index is 12.4. The van der Waals surface area contributed by atoms with Crippen molar-refractivity contribution in [3.63, 3.8) is 0 Å². The van der Waals surface area contributed by atoms with Crippen LogP contribution in [0.15, 0.2) is 53.0 Å². The van der Waals surface area contributed by atoms with Gasteiger partial charge >= 0.3 is 10.3 Å². The second-order valence-electron chi connectivity index (χ2n) is 4.88. The van der Waals surface area contributed by atoms with E-state index < -0.39 is 16.3 Å². The van der Waals surface area contributed by atoms with Gasteiger partial charge in [0.25, 0.3) is 0 Å². The maximum Gasteiger partial charge on any atom is 0.383 e. The number of carbonyl (C=O) groups is 1. The molecule has 2 aromatic rings. The lowest BCUT2D eigenvalue weighted by Gasteiger charge is -2.25. The van der Waals surface area contributed by atoms with Crippen LogP contribution in [0.1, 0.15) is 28.4 Å². The molecule has 0 aliphatic carbocycles. The molecule has 22 heavy (non-hydrogen) atoms. The molecule has 1 aliphatic heterocycles. The van der Waals surface area contributed by atoms with Crippen molar-refractivity contribution in [3.8, 4) is 5.75 Å². The van der Waals surface area contributed by atoms with Crippen LogP contribution in [0.25, 0.3) is 0 Å². The second-order valence-corrected chi connectivity index (χ2v) is 7.11. The quantitative estimate of drug-likeness (QED) is 0.829. The molecule has 0 unspecified atom stereocenters. The summed E-state index contributed by atoms with van der Waals surface area (Å²) in [6.07, 6.45) is 0.0290. The fourth-order valence-electron chi connectivity index (χ4n) is 2.31. The summed E-state index contributed by atoms with van der Waals surface area (Å²) in [6.45, 7) is 0. The highest BCUT2D eigenvalue weighted by Gasteiger charge is 2.31. The molecule has 0 amide bonds. The molecule has 0 fully saturated rings. The van der Waals surface area contributed by atoms with Crippen molar-refractivity contribution in [2.24, 2.45) is 0 Å². The van der Waals surface area contributed by atoms with E-state index in [1.54, 1.807) is 48.5 Å². The molecule has 1 aliphatic rings. The molecule has 3 rings (SSSR count). The van der Waals surface area contributed by atoms with E-state index in [1.165, 1.54) is 0 Å². The van der Waals surface area contributed by atoms with E-state index in [0.29, 0.717) is 11.1 Å². The minimum atomic E-state index is -3.89. The van der Waals surface area contributed by atoms with Crippen molar-refractivity contribution in [2.75, 3.05) is 0 Å². The Morgan fingerprint density at radius 2 is 1.82 bits per heavy atom. The second kappa shape index (κ2) is 5.83. The summed E-state index contributed by atoms with van der Waals surface area (Å²) >= 11 is 3.31. The minimum Gasteiger partial charge on any atom is -0.371 e. The van der Waals surface area contributed by atoms with E-state index in [4.69, 9.17) is 4.18 Å². The molecule has 5 nitrogen and oxygen atoms in total. The summed E-state index contributed by atoms with van der Waals surface area (Å²) in [4.78, 5) is 12.4. The minimum absolute atomic E-state index is 0.0290. The normalized spacial score (nSPS) is 19.0. The number of hydrogen-bond acceptors (Lipinski definition) is 4. The third-order valence-electron chi connectivity index (χ3n) is 3.34. The van der Waals surface area contributed by atoms with Gasteiger partial charge in [-0.05, 0) is 18.2 Å². The summed E-state index contributed by atoms with van der Waals surface area (Å²) in [7, 11) is -3.89. The number of benzene rings is 2. The highest BCUT2D eigenvalue weighted by molar-refractivity contribution is 9.10. The molecular weight excluding hydrogens is 370 g/mol. The van der Waals surface area contributed by atoms with Crippen LogP contribution in [0.4, 0.5) is 0 Å². The third-order valence-corrected chi connectivity index (χ3v) is 4.84. The predicted molar refractivity (Wildman–Crippen MR) is 85.0 cm³/mol. The van der Waals surface area contributed by atoms with Gasteiger partial charge in [0.05, 0.1) is 6.04 Å². The van der Waals surface area contributed by atoms with Gasteiger partial charge in [0.2, 0.25) is 0 Å². The Morgan fingerprint density at radius 1 is 1.14 bits per heavy atom. The molecule has 1 N–H and O–H groups in total. The smallest absolute Gasteiger partial charge is 0.371 e. The lowest BCUT2D eigenvalue weighted by molar-refractivity contribution is 0.0971. The molecule has 114 valence electrons. The Hall–Kier alpha value is -1.70. The van der Waals surface area contributed by atoms with Gasteiger partial charge in [-0.3, -0.25) is 4.79 Å². The van der Waals surface area contributed by atoms with Crippen molar-refractivity contribution in [3.05, 3.63) is 64.1 Å². The first-order chi connectivity index (χ1) is 10.4. The van der Waals surface area contributed by atoms with Crippen LogP contribution >= 0.6 is 15.9 Å². The number of nitrogens with one attached hydrogen (secondary N) is 1. The SMILES string of the molecule is O=C(C[C@H]1NS(=O)(=O)Oc2ccccc21)c1ccc(Br)cc1. The highest BCUT2D eigenvalue weighted by atomic mass is 79.9. The topological polar surface area (TPSA) is 72.5 Å². The summed E-state index contributed by atoms with van der Waals surface area (Å²) < 4.78 is 31.6. The Labute approximate surface area is 136 Å². The molecule has 0 saturated heterocycles. The van der Waals surface area contributed by atoms with Crippen molar-refractivity contribution in [1.82, 2.24) is 4.72 Å². The van der Waals surface area contributed by atoms with Crippen LogP contribution in [-0.4, -0.2) is 14.2 Å². The van der Waals surface area contributed by atoms with E-state index in [-0.39, 0.29) is 18.0 Å². The molecule has 0 aromatic heterocycles. The molecule has 0 bridgehead atoms. The highest BCUT2D eigenvalue weighted by Crippen LogP contribution is 2.33. The van der Waals surface area contributed by atoms with Gasteiger partial charge in [-0.2, -0.15) is 13.1 Å². The lowest BCUT2D eigenvalue weighted by atomic mass is 9.98. The Balaban J connectivity index is 1.88. The molecule has 7 heteroatoms. The van der Waals surface area contributed by atoms with Gasteiger partial charge in [0, 0.05) is 22.0 Å². The number of ketones is 1. The van der Waals surface area contributed by atoms with Gasteiger partial charge in [0.1, 0.15) is 5.75 Å². The van der Waals surface area contributed by atoms with Crippen molar-refractivity contribution in [2.45, 2.75) is 12.5 Å². The summed E-state index contributed by atoms with van der Waals surface area (Å²) in [5, 5.41) is 0. The average Bonchev–Trinajstić information content (AvgIpc) is 2.46. The van der Waals surface area contributed by atoms with Crippen LogP contribution in [-0.2, 0) is 10.3 Å². The first-order valence-electron chi connectivity index (χ1n) is 6.54. The van der Waals surface area contributed by atoms with E-state index >= 15 is 0 Å².